The summed E-state index contributed by atoms with van der Waals surface area (Å²) in [6.45, 7) is 3.33. The number of aliphatic hydroxyl groups excluding tert-OH is 1. The second-order valence-corrected chi connectivity index (χ2v) is 6.28. The first kappa shape index (κ1) is 11.2. The molecular weight excluding hydrogens is 252 g/mol. The molecule has 0 fully saturated rings. The highest BCUT2D eigenvalue weighted by molar-refractivity contribution is 7.15. The lowest BCUT2D eigenvalue weighted by atomic mass is 10.0. The highest BCUT2D eigenvalue weighted by Crippen LogP contribution is 2.37. The Kier molecular flexibility index (Phi) is 2.90. The van der Waals surface area contributed by atoms with E-state index in [1.807, 2.05) is 11.3 Å². The van der Waals surface area contributed by atoms with Gasteiger partial charge in [0.25, 0.3) is 0 Å². The van der Waals surface area contributed by atoms with E-state index < -0.39 is 0 Å². The lowest BCUT2D eigenvalue weighted by Gasteiger charge is -2.33. The van der Waals surface area contributed by atoms with Crippen LogP contribution in [0.5, 0.6) is 0 Å². The molecule has 3 rings (SSSR count). The Morgan fingerprint density at radius 2 is 2.47 bits per heavy atom. The Balaban J connectivity index is 1.91. The van der Waals surface area contributed by atoms with Crippen molar-refractivity contribution in [3.8, 4) is 0 Å². The predicted molar refractivity (Wildman–Crippen MR) is 71.8 cm³/mol. The zero-order chi connectivity index (χ0) is 11.8. The standard InChI is InChI=1S/C12H14N2OS2/c1-8-10-3-5-16-11(10)2-4-14(8)12-13-6-9(7-15)17-12/h3,5-6,8,15H,2,4,7H2,1H3. The van der Waals surface area contributed by atoms with Gasteiger partial charge in [-0.25, -0.2) is 4.98 Å². The van der Waals surface area contributed by atoms with Crippen LogP contribution in [0.1, 0.15) is 28.3 Å². The molecule has 0 bridgehead atoms. The van der Waals surface area contributed by atoms with E-state index in [-0.39, 0.29) is 6.61 Å². The van der Waals surface area contributed by atoms with Gasteiger partial charge in [-0.05, 0) is 30.4 Å². The van der Waals surface area contributed by atoms with E-state index in [1.54, 1.807) is 17.5 Å². The average Bonchev–Trinajstić information content (AvgIpc) is 2.97. The van der Waals surface area contributed by atoms with Gasteiger partial charge in [0.1, 0.15) is 0 Å². The SMILES string of the molecule is CC1c2ccsc2CCN1c1ncc(CO)s1. The normalized spacial score (nSPS) is 19.4. The first-order valence-electron chi connectivity index (χ1n) is 5.68. The second-order valence-electron chi connectivity index (χ2n) is 4.19. The van der Waals surface area contributed by atoms with Crippen molar-refractivity contribution in [1.29, 1.82) is 0 Å². The molecule has 0 spiro atoms. The van der Waals surface area contributed by atoms with Gasteiger partial charge in [-0.3, -0.25) is 0 Å². The van der Waals surface area contributed by atoms with Crippen molar-refractivity contribution >= 4 is 27.8 Å². The van der Waals surface area contributed by atoms with Gasteiger partial charge in [0.2, 0.25) is 0 Å². The summed E-state index contributed by atoms with van der Waals surface area (Å²) in [5, 5.41) is 12.3. The van der Waals surface area contributed by atoms with Crippen LogP contribution in [0.2, 0.25) is 0 Å². The van der Waals surface area contributed by atoms with Gasteiger partial charge in [0.05, 0.1) is 17.5 Å². The van der Waals surface area contributed by atoms with Crippen molar-refractivity contribution in [2.24, 2.45) is 0 Å². The molecule has 0 amide bonds. The number of nitrogens with zero attached hydrogens (tertiary/aromatic N) is 2. The smallest absolute Gasteiger partial charge is 0.186 e. The molecule has 0 aromatic carbocycles. The summed E-state index contributed by atoms with van der Waals surface area (Å²) in [5.41, 5.74) is 1.43. The van der Waals surface area contributed by atoms with Crippen molar-refractivity contribution in [2.75, 3.05) is 11.4 Å². The lowest BCUT2D eigenvalue weighted by molar-refractivity contribution is 0.285. The molecule has 0 saturated carbocycles. The molecule has 0 aliphatic carbocycles. The zero-order valence-corrected chi connectivity index (χ0v) is 11.2. The maximum atomic E-state index is 9.09. The minimum absolute atomic E-state index is 0.0869. The topological polar surface area (TPSA) is 36.4 Å². The molecule has 5 heteroatoms. The molecule has 1 N–H and O–H groups in total. The first-order chi connectivity index (χ1) is 8.29. The minimum atomic E-state index is 0.0869. The molecule has 3 heterocycles. The zero-order valence-electron chi connectivity index (χ0n) is 9.59. The van der Waals surface area contributed by atoms with E-state index in [4.69, 9.17) is 5.11 Å². The third-order valence-electron chi connectivity index (χ3n) is 3.22. The summed E-state index contributed by atoms with van der Waals surface area (Å²) in [4.78, 5) is 9.18. The Bertz CT molecular complexity index is 520. The molecular formula is C12H14N2OS2. The first-order valence-corrected chi connectivity index (χ1v) is 7.37. The second kappa shape index (κ2) is 4.40. The summed E-state index contributed by atoms with van der Waals surface area (Å²) >= 11 is 3.44. The van der Waals surface area contributed by atoms with Crippen LogP contribution in [0, 0.1) is 0 Å². The van der Waals surface area contributed by atoms with Crippen molar-refractivity contribution in [2.45, 2.75) is 26.0 Å². The number of thiazole rings is 1. The van der Waals surface area contributed by atoms with Crippen LogP contribution < -0.4 is 4.90 Å². The molecule has 0 radical (unpaired) electrons. The molecule has 90 valence electrons. The van der Waals surface area contributed by atoms with Gasteiger partial charge in [-0.2, -0.15) is 0 Å². The molecule has 2 aromatic rings. The highest BCUT2D eigenvalue weighted by atomic mass is 32.1. The van der Waals surface area contributed by atoms with Crippen molar-refractivity contribution < 1.29 is 5.11 Å². The fraction of sp³-hybridized carbons (Fsp3) is 0.417. The van der Waals surface area contributed by atoms with Crippen LogP contribution in [0.4, 0.5) is 5.13 Å². The van der Waals surface area contributed by atoms with Crippen LogP contribution in [0.25, 0.3) is 0 Å². The largest absolute Gasteiger partial charge is 0.391 e. The average molecular weight is 266 g/mol. The van der Waals surface area contributed by atoms with Gasteiger partial charge in [0, 0.05) is 17.6 Å². The fourth-order valence-corrected chi connectivity index (χ4v) is 4.11. The third kappa shape index (κ3) is 1.88. The monoisotopic (exact) mass is 266 g/mol. The Morgan fingerprint density at radius 3 is 3.24 bits per heavy atom. The maximum Gasteiger partial charge on any atom is 0.186 e. The summed E-state index contributed by atoms with van der Waals surface area (Å²) in [7, 11) is 0. The Morgan fingerprint density at radius 1 is 1.59 bits per heavy atom. The number of rotatable bonds is 2. The van der Waals surface area contributed by atoms with E-state index in [2.05, 4.69) is 28.3 Å². The molecule has 0 saturated heterocycles. The van der Waals surface area contributed by atoms with Crippen molar-refractivity contribution in [3.63, 3.8) is 0 Å². The Hall–Kier alpha value is -0.910. The van der Waals surface area contributed by atoms with Crippen LogP contribution in [0.3, 0.4) is 0 Å². The van der Waals surface area contributed by atoms with Gasteiger partial charge in [-0.15, -0.1) is 11.3 Å². The molecule has 2 aromatic heterocycles. The number of aliphatic hydroxyl groups is 1. The van der Waals surface area contributed by atoms with E-state index >= 15 is 0 Å². The minimum Gasteiger partial charge on any atom is -0.391 e. The molecule has 17 heavy (non-hydrogen) atoms. The number of hydrogen-bond acceptors (Lipinski definition) is 5. The summed E-state index contributed by atoms with van der Waals surface area (Å²) in [6, 6.07) is 2.61. The summed E-state index contributed by atoms with van der Waals surface area (Å²) in [6.07, 6.45) is 2.88. The number of anilines is 1. The van der Waals surface area contributed by atoms with E-state index in [9.17, 15) is 0 Å². The predicted octanol–water partition coefficient (Wildman–Crippen LogP) is 2.82. The molecule has 1 aliphatic heterocycles. The number of hydrogen-bond donors (Lipinski definition) is 1. The van der Waals surface area contributed by atoms with Gasteiger partial charge < -0.3 is 10.0 Å². The van der Waals surface area contributed by atoms with Crippen molar-refractivity contribution in [3.05, 3.63) is 33.0 Å². The number of thiophene rings is 1. The van der Waals surface area contributed by atoms with Crippen molar-refractivity contribution in [1.82, 2.24) is 4.98 Å². The molecule has 1 unspecified atom stereocenters. The quantitative estimate of drug-likeness (QED) is 0.908. The summed E-state index contributed by atoms with van der Waals surface area (Å²) in [5.74, 6) is 0. The van der Waals surface area contributed by atoms with Gasteiger partial charge >= 0.3 is 0 Å². The third-order valence-corrected chi connectivity index (χ3v) is 5.24. The molecule has 1 aliphatic rings. The highest BCUT2D eigenvalue weighted by Gasteiger charge is 2.26. The van der Waals surface area contributed by atoms with Gasteiger partial charge in [0.15, 0.2) is 5.13 Å². The number of aromatic nitrogens is 1. The maximum absolute atomic E-state index is 9.09. The fourth-order valence-electron chi connectivity index (χ4n) is 2.27. The van der Waals surface area contributed by atoms with E-state index in [1.165, 1.54) is 10.4 Å². The van der Waals surface area contributed by atoms with Crippen LogP contribution in [-0.2, 0) is 13.0 Å². The Labute approximate surface area is 108 Å². The lowest BCUT2D eigenvalue weighted by Crippen LogP contribution is -2.32. The van der Waals surface area contributed by atoms with Crippen LogP contribution in [0.15, 0.2) is 17.6 Å². The van der Waals surface area contributed by atoms with Gasteiger partial charge in [-0.1, -0.05) is 11.3 Å². The van der Waals surface area contributed by atoms with E-state index in [0.717, 1.165) is 23.0 Å². The van der Waals surface area contributed by atoms with E-state index in [0.29, 0.717) is 6.04 Å². The van der Waals surface area contributed by atoms with Crippen LogP contribution in [-0.4, -0.2) is 16.6 Å². The van der Waals surface area contributed by atoms with Crippen LogP contribution >= 0.6 is 22.7 Å². The molecule has 3 nitrogen and oxygen atoms in total. The summed E-state index contributed by atoms with van der Waals surface area (Å²) < 4.78 is 0. The number of fused-ring (bicyclic) bond motifs is 1. The molecule has 1 atom stereocenters.